The molecule has 1 N–H and O–H groups in total. The summed E-state index contributed by atoms with van der Waals surface area (Å²) in [5.74, 6) is -0.245. The Labute approximate surface area is 272 Å². The average Bonchev–Trinajstić information content (AvgIpc) is 3.06. The lowest BCUT2D eigenvalue weighted by molar-refractivity contribution is -0.111. The minimum Gasteiger partial charge on any atom is -0.493 e. The van der Waals surface area contributed by atoms with Gasteiger partial charge in [-0.15, -0.1) is 0 Å². The monoisotopic (exact) mass is 667 g/mol. The first-order chi connectivity index (χ1) is 22.0. The third-order valence-electron chi connectivity index (χ3n) is 8.30. The van der Waals surface area contributed by atoms with Crippen LogP contribution in [0.3, 0.4) is 0 Å². The van der Waals surface area contributed by atoms with E-state index in [1.54, 1.807) is 62.4 Å². The van der Waals surface area contributed by atoms with Gasteiger partial charge >= 0.3 is 10.1 Å². The van der Waals surface area contributed by atoms with E-state index in [9.17, 15) is 21.6 Å². The molecule has 2 heterocycles. The van der Waals surface area contributed by atoms with Gasteiger partial charge in [-0.3, -0.25) is 4.79 Å². The average molecular weight is 668 g/mol. The van der Waals surface area contributed by atoms with E-state index in [4.69, 9.17) is 8.92 Å². The molecule has 246 valence electrons. The van der Waals surface area contributed by atoms with Gasteiger partial charge in [0.05, 0.1) is 23.4 Å². The minimum atomic E-state index is -4.12. The zero-order valence-electron chi connectivity index (χ0n) is 26.5. The molecule has 2 saturated heterocycles. The second-order valence-corrected chi connectivity index (χ2v) is 15.2. The van der Waals surface area contributed by atoms with Crippen LogP contribution in [0, 0.1) is 13.8 Å². The molecule has 0 unspecified atom stereocenters. The van der Waals surface area contributed by atoms with Gasteiger partial charge in [-0.25, -0.2) is 8.42 Å². The Kier molecular flexibility index (Phi) is 10.4. The number of amides is 1. The SMILES string of the molecule is COc1cc(C=CC(=O)Nc2cc(S(=O)(=O)N3CCCCC3)ccc2N2CCCCC2)ccc1OS(=O)(=O)c1cc(C)ccc1C. The number of nitrogens with one attached hydrogen (secondary N) is 1. The van der Waals surface area contributed by atoms with Crippen molar-refractivity contribution in [1.82, 2.24) is 4.31 Å². The first-order valence-corrected chi connectivity index (χ1v) is 18.4. The Hall–Kier alpha value is -3.87. The smallest absolute Gasteiger partial charge is 0.339 e. The maximum atomic E-state index is 13.4. The highest BCUT2D eigenvalue weighted by Crippen LogP contribution is 2.34. The van der Waals surface area contributed by atoms with Crippen LogP contribution in [0.25, 0.3) is 6.08 Å². The number of benzene rings is 3. The standard InChI is InChI=1S/C34H41N3O7S2/c1-25-10-11-26(2)33(22-25)46(41,42)44-31-16-12-27(23-32(31)43-3)13-17-34(38)35-29-24-28(45(39,40)37-20-8-5-9-21-37)14-15-30(29)36-18-6-4-7-19-36/h10-17,22-24H,4-9,18-21H2,1-3H3,(H,35,38). The van der Waals surface area contributed by atoms with Crippen molar-refractivity contribution in [3.05, 3.63) is 77.4 Å². The fourth-order valence-corrected chi connectivity index (χ4v) is 8.58. The predicted molar refractivity (Wildman–Crippen MR) is 180 cm³/mol. The van der Waals surface area contributed by atoms with Crippen LogP contribution in [0.2, 0.25) is 0 Å². The second kappa shape index (κ2) is 14.3. The first kappa shape index (κ1) is 33.5. The summed E-state index contributed by atoms with van der Waals surface area (Å²) in [5.41, 5.74) is 3.14. The van der Waals surface area contributed by atoms with Crippen molar-refractivity contribution < 1.29 is 30.6 Å². The molecule has 0 spiro atoms. The van der Waals surface area contributed by atoms with E-state index in [1.165, 1.54) is 23.6 Å². The van der Waals surface area contributed by atoms with Crippen LogP contribution >= 0.6 is 0 Å². The van der Waals surface area contributed by atoms with Crippen molar-refractivity contribution in [2.75, 3.05) is 43.5 Å². The van der Waals surface area contributed by atoms with E-state index in [-0.39, 0.29) is 21.3 Å². The van der Waals surface area contributed by atoms with Crippen molar-refractivity contribution in [3.8, 4) is 11.5 Å². The van der Waals surface area contributed by atoms with E-state index in [0.717, 1.165) is 62.9 Å². The van der Waals surface area contributed by atoms with Crippen molar-refractivity contribution >= 4 is 43.5 Å². The molecule has 2 fully saturated rings. The number of carbonyl (C=O) groups is 1. The van der Waals surface area contributed by atoms with E-state index in [2.05, 4.69) is 10.2 Å². The summed E-state index contributed by atoms with van der Waals surface area (Å²) >= 11 is 0. The van der Waals surface area contributed by atoms with Gasteiger partial charge in [0.1, 0.15) is 4.90 Å². The number of hydrogen-bond donors (Lipinski definition) is 1. The van der Waals surface area contributed by atoms with Gasteiger partial charge in [-0.05, 0) is 105 Å². The number of methoxy groups -OCH3 is 1. The van der Waals surface area contributed by atoms with Crippen LogP contribution < -0.4 is 19.1 Å². The number of aryl methyl sites for hydroxylation is 2. The summed E-state index contributed by atoms with van der Waals surface area (Å²) in [5, 5.41) is 2.91. The van der Waals surface area contributed by atoms with Gasteiger partial charge < -0.3 is 19.1 Å². The lowest BCUT2D eigenvalue weighted by Gasteiger charge is -2.31. The summed E-state index contributed by atoms with van der Waals surface area (Å²) in [6.07, 6.45) is 8.76. The Balaban J connectivity index is 1.36. The summed E-state index contributed by atoms with van der Waals surface area (Å²) in [7, 11) is -6.41. The van der Waals surface area contributed by atoms with Crippen molar-refractivity contribution in [2.24, 2.45) is 0 Å². The number of ether oxygens (including phenoxy) is 1. The number of hydrogen-bond acceptors (Lipinski definition) is 8. The summed E-state index contributed by atoms with van der Waals surface area (Å²) in [6.45, 7) is 6.13. The summed E-state index contributed by atoms with van der Waals surface area (Å²) in [4.78, 5) is 15.6. The molecule has 0 bridgehead atoms. The van der Waals surface area contributed by atoms with Crippen molar-refractivity contribution in [3.63, 3.8) is 0 Å². The number of nitrogens with zero attached hydrogens (tertiary/aromatic N) is 2. The van der Waals surface area contributed by atoms with Gasteiger partial charge in [0.2, 0.25) is 15.9 Å². The molecular weight excluding hydrogens is 627 g/mol. The lowest BCUT2D eigenvalue weighted by Crippen LogP contribution is -2.35. The molecule has 46 heavy (non-hydrogen) atoms. The maximum Gasteiger partial charge on any atom is 0.339 e. The Morgan fingerprint density at radius 2 is 1.50 bits per heavy atom. The molecule has 0 aromatic heterocycles. The van der Waals surface area contributed by atoms with E-state index < -0.39 is 26.0 Å². The Morgan fingerprint density at radius 3 is 2.20 bits per heavy atom. The van der Waals surface area contributed by atoms with Crippen LogP contribution in [-0.2, 0) is 24.9 Å². The highest BCUT2D eigenvalue weighted by atomic mass is 32.2. The van der Waals surface area contributed by atoms with E-state index >= 15 is 0 Å². The number of anilines is 2. The van der Waals surface area contributed by atoms with Gasteiger partial charge in [-0.1, -0.05) is 24.6 Å². The molecular formula is C34H41N3O7S2. The number of sulfonamides is 1. The minimum absolute atomic E-state index is 0.0166. The fourth-order valence-electron chi connectivity index (χ4n) is 5.78. The molecule has 0 radical (unpaired) electrons. The first-order valence-electron chi connectivity index (χ1n) is 15.6. The summed E-state index contributed by atoms with van der Waals surface area (Å²) < 4.78 is 65.3. The number of rotatable bonds is 10. The quantitative estimate of drug-likeness (QED) is 0.210. The molecule has 12 heteroatoms. The topological polar surface area (TPSA) is 122 Å². The molecule has 1 amide bonds. The summed E-state index contributed by atoms with van der Waals surface area (Å²) in [6, 6.07) is 14.8. The normalized spacial score (nSPS) is 16.4. The third kappa shape index (κ3) is 7.73. The van der Waals surface area contributed by atoms with Crippen LogP contribution in [-0.4, -0.2) is 60.3 Å². The van der Waals surface area contributed by atoms with Gasteiger partial charge in [0, 0.05) is 32.3 Å². The number of carbonyl (C=O) groups excluding carboxylic acids is 1. The van der Waals surface area contributed by atoms with Crippen LogP contribution in [0.15, 0.2) is 70.5 Å². The third-order valence-corrected chi connectivity index (χ3v) is 11.6. The highest BCUT2D eigenvalue weighted by Gasteiger charge is 2.28. The highest BCUT2D eigenvalue weighted by molar-refractivity contribution is 7.89. The van der Waals surface area contributed by atoms with Crippen molar-refractivity contribution in [1.29, 1.82) is 0 Å². The van der Waals surface area contributed by atoms with Crippen LogP contribution in [0.5, 0.6) is 11.5 Å². The predicted octanol–water partition coefficient (Wildman–Crippen LogP) is 5.90. The molecule has 2 aliphatic heterocycles. The molecule has 0 saturated carbocycles. The van der Waals surface area contributed by atoms with Gasteiger partial charge in [0.25, 0.3) is 0 Å². The lowest BCUT2D eigenvalue weighted by atomic mass is 10.1. The van der Waals surface area contributed by atoms with Crippen molar-refractivity contribution in [2.45, 2.75) is 62.2 Å². The molecule has 2 aliphatic rings. The van der Waals surface area contributed by atoms with E-state index in [0.29, 0.717) is 29.9 Å². The Bertz CT molecular complexity index is 1830. The molecule has 10 nitrogen and oxygen atoms in total. The zero-order chi connectivity index (χ0) is 32.9. The van der Waals surface area contributed by atoms with Crippen LogP contribution in [0.4, 0.5) is 11.4 Å². The van der Waals surface area contributed by atoms with Gasteiger partial charge in [0.15, 0.2) is 11.5 Å². The maximum absolute atomic E-state index is 13.4. The second-order valence-electron chi connectivity index (χ2n) is 11.7. The molecule has 5 rings (SSSR count). The van der Waals surface area contributed by atoms with Gasteiger partial charge in [-0.2, -0.15) is 12.7 Å². The Morgan fingerprint density at radius 1 is 0.804 bits per heavy atom. The zero-order valence-corrected chi connectivity index (χ0v) is 28.1. The molecule has 0 atom stereocenters. The van der Waals surface area contributed by atoms with E-state index in [1.807, 2.05) is 6.07 Å². The fraction of sp³-hybridized carbons (Fsp3) is 0.382. The van der Waals surface area contributed by atoms with Crippen LogP contribution in [0.1, 0.15) is 55.2 Å². The largest absolute Gasteiger partial charge is 0.493 e. The number of piperidine rings is 2. The molecule has 3 aromatic carbocycles. The molecule has 3 aromatic rings. The molecule has 0 aliphatic carbocycles.